The van der Waals surface area contributed by atoms with Crippen LogP contribution in [-0.2, 0) is 6.42 Å². The van der Waals surface area contributed by atoms with Crippen LogP contribution < -0.4 is 10.2 Å². The van der Waals surface area contributed by atoms with Crippen molar-refractivity contribution in [1.29, 1.82) is 0 Å². The smallest absolute Gasteiger partial charge is 0.137 e. The fourth-order valence-electron chi connectivity index (χ4n) is 3.17. The van der Waals surface area contributed by atoms with Gasteiger partial charge in [-0.05, 0) is 39.8 Å². The molecule has 0 spiro atoms. The maximum atomic E-state index is 4.64. The highest BCUT2D eigenvalue weighted by atomic mass is 15.3. The minimum Gasteiger partial charge on any atom is -0.370 e. The topological polar surface area (TPSA) is 44.3 Å². The zero-order valence-corrected chi connectivity index (χ0v) is 13.9. The number of likely N-dealkylation sites (N-methyl/N-ethyl adjacent to an activating group) is 1. The number of rotatable bonds is 5. The molecule has 0 aromatic carbocycles. The molecular weight excluding hydrogens is 262 g/mol. The van der Waals surface area contributed by atoms with Crippen molar-refractivity contribution in [3.8, 4) is 0 Å². The first-order chi connectivity index (χ1) is 10.2. The monoisotopic (exact) mass is 291 g/mol. The highest BCUT2D eigenvalue weighted by Gasteiger charge is 2.25. The lowest BCUT2D eigenvalue weighted by Crippen LogP contribution is -2.41. The second kappa shape index (κ2) is 7.59. The van der Waals surface area contributed by atoms with Crippen molar-refractivity contribution in [2.24, 2.45) is 0 Å². The van der Waals surface area contributed by atoms with E-state index in [2.05, 4.69) is 52.9 Å². The highest BCUT2D eigenvalue weighted by Crippen LogP contribution is 2.27. The molecule has 1 fully saturated rings. The minimum atomic E-state index is 0.534. The molecule has 1 aliphatic heterocycles. The van der Waals surface area contributed by atoms with Gasteiger partial charge in [-0.2, -0.15) is 0 Å². The van der Waals surface area contributed by atoms with Crippen LogP contribution in [0.1, 0.15) is 39.2 Å². The van der Waals surface area contributed by atoms with Gasteiger partial charge in [-0.25, -0.2) is 9.97 Å². The van der Waals surface area contributed by atoms with Crippen molar-refractivity contribution in [3.05, 3.63) is 11.9 Å². The molecule has 1 N–H and O–H groups in total. The van der Waals surface area contributed by atoms with E-state index in [1.54, 1.807) is 6.33 Å². The zero-order valence-electron chi connectivity index (χ0n) is 13.9. The summed E-state index contributed by atoms with van der Waals surface area (Å²) in [6, 6.07) is 0.534. The molecule has 21 heavy (non-hydrogen) atoms. The van der Waals surface area contributed by atoms with Crippen LogP contribution in [0.4, 0.5) is 11.6 Å². The first kappa shape index (κ1) is 16.0. The molecule has 1 aromatic rings. The van der Waals surface area contributed by atoms with Gasteiger partial charge in [0.15, 0.2) is 0 Å². The summed E-state index contributed by atoms with van der Waals surface area (Å²) < 4.78 is 0. The number of aromatic nitrogens is 2. The summed E-state index contributed by atoms with van der Waals surface area (Å²) in [7, 11) is 2.22. The predicted molar refractivity (Wildman–Crippen MR) is 89.1 cm³/mol. The van der Waals surface area contributed by atoms with Gasteiger partial charge < -0.3 is 15.1 Å². The van der Waals surface area contributed by atoms with Gasteiger partial charge in [-0.1, -0.05) is 13.8 Å². The van der Waals surface area contributed by atoms with Crippen LogP contribution in [0.5, 0.6) is 0 Å². The Morgan fingerprint density at radius 2 is 2.05 bits per heavy atom. The Morgan fingerprint density at radius 1 is 1.24 bits per heavy atom. The maximum Gasteiger partial charge on any atom is 0.137 e. The molecule has 2 heterocycles. The Hall–Kier alpha value is -1.36. The summed E-state index contributed by atoms with van der Waals surface area (Å²) in [5.41, 5.74) is 1.25. The van der Waals surface area contributed by atoms with E-state index in [1.165, 1.54) is 18.5 Å². The van der Waals surface area contributed by atoms with Gasteiger partial charge in [-0.3, -0.25) is 0 Å². The molecule has 5 heteroatoms. The third-order valence-electron chi connectivity index (χ3n) is 4.27. The fraction of sp³-hybridized carbons (Fsp3) is 0.750. The van der Waals surface area contributed by atoms with E-state index in [1.807, 2.05) is 0 Å². The van der Waals surface area contributed by atoms with Crippen molar-refractivity contribution in [2.75, 3.05) is 43.4 Å². The normalized spacial score (nSPS) is 20.4. The standard InChI is InChI=1S/C16H29N5/c1-5-13-11-20(4)9-8-10-21(13)16-14(6-2)15(17-7-3)18-12-19-16/h12-13H,5-11H2,1-4H3,(H,17,18,19). The van der Waals surface area contributed by atoms with Crippen molar-refractivity contribution >= 4 is 11.6 Å². The van der Waals surface area contributed by atoms with Crippen molar-refractivity contribution in [2.45, 2.75) is 46.1 Å². The average Bonchev–Trinajstić information content (AvgIpc) is 2.68. The third-order valence-corrected chi connectivity index (χ3v) is 4.27. The molecule has 0 amide bonds. The molecule has 5 nitrogen and oxygen atoms in total. The van der Waals surface area contributed by atoms with E-state index < -0.39 is 0 Å². The SMILES string of the molecule is CCNc1ncnc(N2CCCN(C)CC2CC)c1CC. The number of nitrogens with zero attached hydrogens (tertiary/aromatic N) is 4. The van der Waals surface area contributed by atoms with Crippen LogP contribution in [0, 0.1) is 0 Å². The summed E-state index contributed by atoms with van der Waals surface area (Å²) >= 11 is 0. The van der Waals surface area contributed by atoms with Crippen molar-refractivity contribution < 1.29 is 0 Å². The molecule has 1 saturated heterocycles. The van der Waals surface area contributed by atoms with E-state index in [4.69, 9.17) is 0 Å². The molecule has 2 rings (SSSR count). The lowest BCUT2D eigenvalue weighted by atomic mass is 10.1. The van der Waals surface area contributed by atoms with Gasteiger partial charge in [0, 0.05) is 31.2 Å². The van der Waals surface area contributed by atoms with Crippen molar-refractivity contribution in [3.63, 3.8) is 0 Å². The number of anilines is 2. The second-order valence-electron chi connectivity index (χ2n) is 5.78. The van der Waals surface area contributed by atoms with Crippen LogP contribution in [0.3, 0.4) is 0 Å². The van der Waals surface area contributed by atoms with E-state index in [9.17, 15) is 0 Å². The van der Waals surface area contributed by atoms with Gasteiger partial charge in [0.05, 0.1) is 0 Å². The zero-order chi connectivity index (χ0) is 15.2. The third kappa shape index (κ3) is 3.64. The van der Waals surface area contributed by atoms with E-state index in [0.29, 0.717) is 6.04 Å². The summed E-state index contributed by atoms with van der Waals surface area (Å²) in [5.74, 6) is 2.13. The number of hydrogen-bond donors (Lipinski definition) is 1. The largest absolute Gasteiger partial charge is 0.370 e. The molecular formula is C16H29N5. The molecule has 0 aliphatic carbocycles. The first-order valence-corrected chi connectivity index (χ1v) is 8.24. The molecule has 1 unspecified atom stereocenters. The predicted octanol–water partition coefficient (Wildman–Crippen LogP) is 2.39. The Bertz CT molecular complexity index is 448. The fourth-order valence-corrected chi connectivity index (χ4v) is 3.17. The number of hydrogen-bond acceptors (Lipinski definition) is 5. The number of nitrogens with one attached hydrogen (secondary N) is 1. The lowest BCUT2D eigenvalue weighted by molar-refractivity contribution is 0.327. The van der Waals surface area contributed by atoms with Crippen LogP contribution >= 0.6 is 0 Å². The molecule has 118 valence electrons. The Kier molecular flexibility index (Phi) is 5.79. The Morgan fingerprint density at radius 3 is 2.71 bits per heavy atom. The van der Waals surface area contributed by atoms with Gasteiger partial charge in [0.1, 0.15) is 18.0 Å². The maximum absolute atomic E-state index is 4.64. The summed E-state index contributed by atoms with van der Waals surface area (Å²) in [4.78, 5) is 14.0. The molecule has 1 aromatic heterocycles. The summed E-state index contributed by atoms with van der Waals surface area (Å²) in [6.07, 6.45) is 5.00. The van der Waals surface area contributed by atoms with Gasteiger partial charge >= 0.3 is 0 Å². The van der Waals surface area contributed by atoms with Crippen LogP contribution in [0.2, 0.25) is 0 Å². The molecule has 0 saturated carbocycles. The van der Waals surface area contributed by atoms with Crippen molar-refractivity contribution in [1.82, 2.24) is 14.9 Å². The van der Waals surface area contributed by atoms with E-state index in [0.717, 1.165) is 44.1 Å². The van der Waals surface area contributed by atoms with Gasteiger partial charge in [-0.15, -0.1) is 0 Å². The molecule has 0 radical (unpaired) electrons. The average molecular weight is 291 g/mol. The molecule has 0 bridgehead atoms. The van der Waals surface area contributed by atoms with Gasteiger partial charge in [0.2, 0.25) is 0 Å². The minimum absolute atomic E-state index is 0.534. The second-order valence-corrected chi connectivity index (χ2v) is 5.78. The Balaban J connectivity index is 2.36. The summed E-state index contributed by atoms with van der Waals surface area (Å²) in [5, 5.41) is 3.38. The van der Waals surface area contributed by atoms with E-state index >= 15 is 0 Å². The van der Waals surface area contributed by atoms with Gasteiger partial charge in [0.25, 0.3) is 0 Å². The lowest BCUT2D eigenvalue weighted by Gasteiger charge is -2.32. The quantitative estimate of drug-likeness (QED) is 0.902. The van der Waals surface area contributed by atoms with Crippen LogP contribution in [-0.4, -0.2) is 54.1 Å². The molecule has 1 aliphatic rings. The van der Waals surface area contributed by atoms with Crippen LogP contribution in [0.25, 0.3) is 0 Å². The van der Waals surface area contributed by atoms with E-state index in [-0.39, 0.29) is 0 Å². The molecule has 1 atom stereocenters. The summed E-state index contributed by atoms with van der Waals surface area (Å²) in [6.45, 7) is 10.8. The van der Waals surface area contributed by atoms with Crippen LogP contribution in [0.15, 0.2) is 6.33 Å². The Labute approximate surface area is 128 Å². The highest BCUT2D eigenvalue weighted by molar-refractivity contribution is 5.59. The first-order valence-electron chi connectivity index (χ1n) is 8.24.